The van der Waals surface area contributed by atoms with E-state index in [2.05, 4.69) is 26.0 Å². The Balaban J connectivity index is 2.31. The summed E-state index contributed by atoms with van der Waals surface area (Å²) in [6, 6.07) is 8.43. The molecule has 1 aromatic carbocycles. The van der Waals surface area contributed by atoms with Crippen molar-refractivity contribution in [1.29, 1.82) is 0 Å². The highest BCUT2D eigenvalue weighted by molar-refractivity contribution is 5.27. The van der Waals surface area contributed by atoms with Crippen LogP contribution < -0.4 is 10.5 Å². The summed E-state index contributed by atoms with van der Waals surface area (Å²) in [5.74, 6) is 0.898. The van der Waals surface area contributed by atoms with Gasteiger partial charge in [-0.25, -0.2) is 0 Å². The topological polar surface area (TPSA) is 44.5 Å². The number of hydrogen-bond acceptors (Lipinski definition) is 3. The molecule has 3 heteroatoms. The van der Waals surface area contributed by atoms with Gasteiger partial charge in [-0.3, -0.25) is 0 Å². The average molecular weight is 265 g/mol. The summed E-state index contributed by atoms with van der Waals surface area (Å²) >= 11 is 0. The normalized spacial score (nSPS) is 13.3. The van der Waals surface area contributed by atoms with Crippen LogP contribution in [-0.4, -0.2) is 25.9 Å². The van der Waals surface area contributed by atoms with Gasteiger partial charge < -0.3 is 15.2 Å². The lowest BCUT2D eigenvalue weighted by Crippen LogP contribution is -2.28. The summed E-state index contributed by atoms with van der Waals surface area (Å²) in [6.07, 6.45) is 4.01. The SMILES string of the molecule is COc1ccc(CCC(N)CCC(C)(C)OC)cc1. The number of aryl methyl sites for hydroxylation is 1. The maximum absolute atomic E-state index is 6.16. The smallest absolute Gasteiger partial charge is 0.118 e. The molecular formula is C16H27NO2. The highest BCUT2D eigenvalue weighted by atomic mass is 16.5. The van der Waals surface area contributed by atoms with Gasteiger partial charge in [0.2, 0.25) is 0 Å². The van der Waals surface area contributed by atoms with Gasteiger partial charge in [0, 0.05) is 13.2 Å². The maximum Gasteiger partial charge on any atom is 0.118 e. The van der Waals surface area contributed by atoms with Gasteiger partial charge in [0.1, 0.15) is 5.75 Å². The molecule has 0 bridgehead atoms. The Hall–Kier alpha value is -1.06. The van der Waals surface area contributed by atoms with Crippen molar-refractivity contribution >= 4 is 0 Å². The molecule has 3 nitrogen and oxygen atoms in total. The average Bonchev–Trinajstić information content (AvgIpc) is 2.43. The molecule has 0 saturated carbocycles. The van der Waals surface area contributed by atoms with E-state index in [1.54, 1.807) is 14.2 Å². The predicted molar refractivity (Wildman–Crippen MR) is 79.6 cm³/mol. The van der Waals surface area contributed by atoms with Crippen LogP contribution in [0.2, 0.25) is 0 Å². The third kappa shape index (κ3) is 6.08. The highest BCUT2D eigenvalue weighted by Gasteiger charge is 2.17. The Kier molecular flexibility index (Phi) is 6.32. The van der Waals surface area contributed by atoms with Gasteiger partial charge in [-0.2, -0.15) is 0 Å². The number of methoxy groups -OCH3 is 2. The first-order valence-electron chi connectivity index (χ1n) is 6.90. The molecule has 1 aromatic rings. The second-order valence-electron chi connectivity index (χ2n) is 5.65. The van der Waals surface area contributed by atoms with Gasteiger partial charge >= 0.3 is 0 Å². The quantitative estimate of drug-likeness (QED) is 0.785. The Bertz CT molecular complexity index is 360. The highest BCUT2D eigenvalue weighted by Crippen LogP contribution is 2.18. The van der Waals surface area contributed by atoms with E-state index in [0.29, 0.717) is 0 Å². The van der Waals surface area contributed by atoms with Crippen molar-refractivity contribution in [3.05, 3.63) is 29.8 Å². The lowest BCUT2D eigenvalue weighted by molar-refractivity contribution is 0.0124. The van der Waals surface area contributed by atoms with E-state index >= 15 is 0 Å². The molecule has 0 fully saturated rings. The molecule has 0 saturated heterocycles. The molecule has 1 unspecified atom stereocenters. The van der Waals surface area contributed by atoms with E-state index in [1.807, 2.05) is 12.1 Å². The maximum atomic E-state index is 6.16. The Morgan fingerprint density at radius 3 is 2.26 bits per heavy atom. The first-order valence-corrected chi connectivity index (χ1v) is 6.90. The van der Waals surface area contributed by atoms with E-state index in [9.17, 15) is 0 Å². The first kappa shape index (κ1) is 16.0. The van der Waals surface area contributed by atoms with E-state index in [0.717, 1.165) is 31.4 Å². The zero-order chi connectivity index (χ0) is 14.3. The van der Waals surface area contributed by atoms with Crippen molar-refractivity contribution in [1.82, 2.24) is 0 Å². The molecule has 0 aliphatic rings. The largest absolute Gasteiger partial charge is 0.497 e. The number of ether oxygens (including phenoxy) is 2. The lowest BCUT2D eigenvalue weighted by atomic mass is 9.96. The summed E-state index contributed by atoms with van der Waals surface area (Å²) in [7, 11) is 3.44. The molecule has 0 aromatic heterocycles. The van der Waals surface area contributed by atoms with Crippen molar-refractivity contribution in [3.63, 3.8) is 0 Å². The molecule has 0 heterocycles. The summed E-state index contributed by atoms with van der Waals surface area (Å²) in [6.45, 7) is 4.20. The molecule has 0 spiro atoms. The van der Waals surface area contributed by atoms with E-state index < -0.39 is 0 Å². The third-order valence-corrected chi connectivity index (χ3v) is 3.63. The zero-order valence-electron chi connectivity index (χ0n) is 12.6. The number of benzene rings is 1. The third-order valence-electron chi connectivity index (χ3n) is 3.63. The molecule has 1 rings (SSSR count). The van der Waals surface area contributed by atoms with Crippen LogP contribution in [0.5, 0.6) is 5.75 Å². The first-order chi connectivity index (χ1) is 8.96. The monoisotopic (exact) mass is 265 g/mol. The zero-order valence-corrected chi connectivity index (χ0v) is 12.6. The van der Waals surface area contributed by atoms with Crippen LogP contribution in [-0.2, 0) is 11.2 Å². The van der Waals surface area contributed by atoms with E-state index in [-0.39, 0.29) is 11.6 Å². The predicted octanol–water partition coefficient (Wildman–Crippen LogP) is 3.16. The van der Waals surface area contributed by atoms with Gasteiger partial charge in [0.25, 0.3) is 0 Å². The van der Waals surface area contributed by atoms with E-state index in [1.165, 1.54) is 5.56 Å². The van der Waals surface area contributed by atoms with Crippen LogP contribution in [0.25, 0.3) is 0 Å². The molecule has 0 amide bonds. The van der Waals surface area contributed by atoms with Crippen molar-refractivity contribution in [2.24, 2.45) is 5.73 Å². The standard InChI is InChI=1S/C16H27NO2/c1-16(2,19-4)12-11-14(17)8-5-13-6-9-15(18-3)10-7-13/h6-7,9-10,14H,5,8,11-12,17H2,1-4H3. The fourth-order valence-corrected chi connectivity index (χ4v) is 1.92. The molecule has 1 atom stereocenters. The van der Waals surface area contributed by atoms with Crippen molar-refractivity contribution in [2.75, 3.05) is 14.2 Å². The molecule has 2 N–H and O–H groups in total. The van der Waals surface area contributed by atoms with Gasteiger partial charge in [-0.05, 0) is 57.2 Å². The Labute approximate surface area is 117 Å². The molecule has 19 heavy (non-hydrogen) atoms. The minimum absolute atomic E-state index is 0.0717. The Morgan fingerprint density at radius 2 is 1.74 bits per heavy atom. The second kappa shape index (κ2) is 7.51. The number of rotatable bonds is 8. The van der Waals surface area contributed by atoms with Gasteiger partial charge in [0.05, 0.1) is 12.7 Å². The number of hydrogen-bond donors (Lipinski definition) is 1. The van der Waals surface area contributed by atoms with E-state index in [4.69, 9.17) is 15.2 Å². The minimum Gasteiger partial charge on any atom is -0.497 e. The van der Waals surface area contributed by atoms with Crippen LogP contribution >= 0.6 is 0 Å². The number of nitrogens with two attached hydrogens (primary N) is 1. The molecular weight excluding hydrogens is 238 g/mol. The minimum atomic E-state index is -0.0717. The van der Waals surface area contributed by atoms with Gasteiger partial charge in [-0.15, -0.1) is 0 Å². The summed E-state index contributed by atoms with van der Waals surface area (Å²) in [5.41, 5.74) is 7.40. The van der Waals surface area contributed by atoms with Crippen LogP contribution in [0.15, 0.2) is 24.3 Å². The van der Waals surface area contributed by atoms with Crippen LogP contribution in [0.3, 0.4) is 0 Å². The Morgan fingerprint density at radius 1 is 1.11 bits per heavy atom. The lowest BCUT2D eigenvalue weighted by Gasteiger charge is -2.24. The fraction of sp³-hybridized carbons (Fsp3) is 0.625. The summed E-state index contributed by atoms with van der Waals surface area (Å²) in [5, 5.41) is 0. The molecule has 0 aliphatic heterocycles. The van der Waals surface area contributed by atoms with Crippen molar-refractivity contribution in [2.45, 2.75) is 51.2 Å². The molecule has 0 radical (unpaired) electrons. The van der Waals surface area contributed by atoms with Crippen LogP contribution in [0.4, 0.5) is 0 Å². The van der Waals surface area contributed by atoms with Crippen molar-refractivity contribution < 1.29 is 9.47 Å². The van der Waals surface area contributed by atoms with Crippen molar-refractivity contribution in [3.8, 4) is 5.75 Å². The van der Waals surface area contributed by atoms with Crippen LogP contribution in [0, 0.1) is 0 Å². The summed E-state index contributed by atoms with van der Waals surface area (Å²) < 4.78 is 10.6. The fourth-order valence-electron chi connectivity index (χ4n) is 1.92. The summed E-state index contributed by atoms with van der Waals surface area (Å²) in [4.78, 5) is 0. The molecule has 0 aliphatic carbocycles. The molecule has 108 valence electrons. The van der Waals surface area contributed by atoms with Gasteiger partial charge in [0.15, 0.2) is 0 Å². The van der Waals surface area contributed by atoms with Gasteiger partial charge in [-0.1, -0.05) is 12.1 Å². The van der Waals surface area contributed by atoms with Crippen LogP contribution in [0.1, 0.15) is 38.7 Å². The second-order valence-corrected chi connectivity index (χ2v) is 5.65.